The van der Waals surface area contributed by atoms with Crippen LogP contribution in [0.1, 0.15) is 50.2 Å². The third-order valence-corrected chi connectivity index (χ3v) is 5.82. The molecule has 27 heavy (non-hydrogen) atoms. The van der Waals surface area contributed by atoms with E-state index in [1.165, 1.54) is 11.1 Å². The largest absolute Gasteiger partial charge is 0.354 e. The normalized spacial score (nSPS) is 18.3. The molecule has 5 nitrogen and oxygen atoms in total. The topological polar surface area (TPSA) is 52.7 Å². The Morgan fingerprint density at radius 2 is 1.96 bits per heavy atom. The maximum Gasteiger partial charge on any atom is 0.257 e. The van der Waals surface area contributed by atoms with E-state index in [0.717, 1.165) is 30.6 Å². The number of rotatable bonds is 3. The molecule has 1 atom stereocenters. The lowest BCUT2D eigenvalue weighted by Crippen LogP contribution is -2.50. The summed E-state index contributed by atoms with van der Waals surface area (Å²) in [6.07, 6.45) is 2.11. The Hall–Kier alpha value is -2.82. The van der Waals surface area contributed by atoms with E-state index < -0.39 is 0 Å². The third kappa shape index (κ3) is 3.07. The first kappa shape index (κ1) is 17.6. The summed E-state index contributed by atoms with van der Waals surface area (Å²) in [5.41, 5.74) is 5.66. The van der Waals surface area contributed by atoms with Crippen molar-refractivity contribution < 1.29 is 9.59 Å². The minimum Gasteiger partial charge on any atom is -0.354 e. The van der Waals surface area contributed by atoms with Gasteiger partial charge in [0.1, 0.15) is 6.17 Å². The molecule has 1 N–H and O–H groups in total. The van der Waals surface area contributed by atoms with Gasteiger partial charge in [-0.25, -0.2) is 0 Å². The molecule has 2 aliphatic rings. The van der Waals surface area contributed by atoms with Crippen molar-refractivity contribution in [3.63, 3.8) is 0 Å². The van der Waals surface area contributed by atoms with Gasteiger partial charge in [0.2, 0.25) is 0 Å². The molecular formula is C22H25N3O2. The molecule has 0 bridgehead atoms. The number of hydrogen-bond donors (Lipinski definition) is 1. The van der Waals surface area contributed by atoms with Gasteiger partial charge < -0.3 is 15.1 Å². The van der Waals surface area contributed by atoms with E-state index in [1.54, 1.807) is 12.1 Å². The molecule has 0 unspecified atom stereocenters. The highest BCUT2D eigenvalue weighted by atomic mass is 16.2. The van der Waals surface area contributed by atoms with Crippen LogP contribution in [0.5, 0.6) is 0 Å². The zero-order valence-corrected chi connectivity index (χ0v) is 16.1. The van der Waals surface area contributed by atoms with Crippen molar-refractivity contribution in [2.45, 2.75) is 39.4 Å². The number of fused-ring (bicyclic) bond motifs is 2. The second-order valence-corrected chi connectivity index (χ2v) is 7.57. The molecule has 1 fully saturated rings. The molecule has 140 valence electrons. The maximum absolute atomic E-state index is 12.7. The van der Waals surface area contributed by atoms with Crippen LogP contribution in [0.4, 0.5) is 5.69 Å². The quantitative estimate of drug-likeness (QED) is 0.911. The van der Waals surface area contributed by atoms with Gasteiger partial charge in [-0.05, 0) is 61.6 Å². The molecule has 0 aromatic heterocycles. The van der Waals surface area contributed by atoms with Crippen molar-refractivity contribution in [1.82, 2.24) is 10.2 Å². The Morgan fingerprint density at radius 1 is 1.15 bits per heavy atom. The monoisotopic (exact) mass is 363 g/mol. The Labute approximate surface area is 160 Å². The van der Waals surface area contributed by atoms with Crippen molar-refractivity contribution in [2.24, 2.45) is 0 Å². The summed E-state index contributed by atoms with van der Waals surface area (Å²) in [6, 6.07) is 11.6. The van der Waals surface area contributed by atoms with Crippen LogP contribution in [0.25, 0.3) is 0 Å². The van der Waals surface area contributed by atoms with Crippen LogP contribution in [0.15, 0.2) is 36.4 Å². The first-order valence-electron chi connectivity index (χ1n) is 9.48. The predicted octanol–water partition coefficient (Wildman–Crippen LogP) is 3.25. The van der Waals surface area contributed by atoms with E-state index in [4.69, 9.17) is 0 Å². The molecule has 0 aliphatic carbocycles. The first-order chi connectivity index (χ1) is 13.0. The summed E-state index contributed by atoms with van der Waals surface area (Å²) in [7, 11) is 2.00. The van der Waals surface area contributed by atoms with Gasteiger partial charge in [-0.15, -0.1) is 0 Å². The van der Waals surface area contributed by atoms with Crippen LogP contribution < -0.4 is 10.2 Å². The number of aryl methyl sites for hydroxylation is 2. The van der Waals surface area contributed by atoms with Gasteiger partial charge in [-0.1, -0.05) is 18.2 Å². The van der Waals surface area contributed by atoms with Gasteiger partial charge in [0.25, 0.3) is 11.8 Å². The van der Waals surface area contributed by atoms with E-state index >= 15 is 0 Å². The van der Waals surface area contributed by atoms with E-state index in [0.29, 0.717) is 17.7 Å². The fourth-order valence-electron chi connectivity index (χ4n) is 4.05. The molecule has 5 heteroatoms. The fourth-order valence-corrected chi connectivity index (χ4v) is 4.05. The van der Waals surface area contributed by atoms with Gasteiger partial charge in [-0.2, -0.15) is 0 Å². The van der Waals surface area contributed by atoms with Gasteiger partial charge in [0.15, 0.2) is 0 Å². The first-order valence-corrected chi connectivity index (χ1v) is 9.48. The summed E-state index contributed by atoms with van der Waals surface area (Å²) in [5, 5.41) is 2.99. The smallest absolute Gasteiger partial charge is 0.257 e. The van der Waals surface area contributed by atoms with Crippen molar-refractivity contribution in [3.8, 4) is 0 Å². The van der Waals surface area contributed by atoms with Crippen LogP contribution >= 0.6 is 0 Å². The number of nitrogens with zero attached hydrogens (tertiary/aromatic N) is 2. The Balaban J connectivity index is 1.53. The maximum atomic E-state index is 12.7. The van der Waals surface area contributed by atoms with E-state index in [9.17, 15) is 9.59 Å². The highest BCUT2D eigenvalue weighted by Gasteiger charge is 2.38. The molecular weight excluding hydrogens is 338 g/mol. The average molecular weight is 363 g/mol. The molecule has 0 radical (unpaired) electrons. The highest BCUT2D eigenvalue weighted by molar-refractivity contribution is 6.04. The van der Waals surface area contributed by atoms with Gasteiger partial charge in [0, 0.05) is 25.7 Å². The van der Waals surface area contributed by atoms with Gasteiger partial charge in [0.05, 0.1) is 11.3 Å². The lowest BCUT2D eigenvalue weighted by Gasteiger charge is -2.40. The zero-order chi connectivity index (χ0) is 19.1. The molecule has 2 aliphatic heterocycles. The zero-order valence-electron chi connectivity index (χ0n) is 16.1. The SMILES string of the molecule is Cc1ccc(CNC(=O)c2ccc3c(c2)N(C)[C@@H]2CCCN2C3=O)cc1C. The lowest BCUT2D eigenvalue weighted by atomic mass is 10.0. The molecule has 2 amide bonds. The number of anilines is 1. The summed E-state index contributed by atoms with van der Waals surface area (Å²) < 4.78 is 0. The third-order valence-electron chi connectivity index (χ3n) is 5.82. The summed E-state index contributed by atoms with van der Waals surface area (Å²) in [4.78, 5) is 29.4. The lowest BCUT2D eigenvalue weighted by molar-refractivity contribution is 0.0719. The number of benzene rings is 2. The summed E-state index contributed by atoms with van der Waals surface area (Å²) in [6.45, 7) is 5.45. The molecule has 2 aromatic carbocycles. The second-order valence-electron chi connectivity index (χ2n) is 7.57. The number of amides is 2. The second kappa shape index (κ2) is 6.72. The van der Waals surface area contributed by atoms with E-state index in [2.05, 4.69) is 36.2 Å². The molecule has 0 spiro atoms. The van der Waals surface area contributed by atoms with Crippen LogP contribution in [0.3, 0.4) is 0 Å². The highest BCUT2D eigenvalue weighted by Crippen LogP contribution is 2.35. The fraction of sp³-hybridized carbons (Fsp3) is 0.364. The minimum absolute atomic E-state index is 0.0766. The van der Waals surface area contributed by atoms with Crippen LogP contribution in [-0.4, -0.2) is 36.5 Å². The molecule has 4 rings (SSSR count). The van der Waals surface area contributed by atoms with Crippen molar-refractivity contribution in [3.05, 3.63) is 64.2 Å². The van der Waals surface area contributed by atoms with Gasteiger partial charge >= 0.3 is 0 Å². The van der Waals surface area contributed by atoms with E-state index in [1.807, 2.05) is 24.1 Å². The summed E-state index contributed by atoms with van der Waals surface area (Å²) >= 11 is 0. The molecule has 0 saturated carbocycles. The number of carbonyl (C=O) groups is 2. The van der Waals surface area contributed by atoms with Crippen LogP contribution in [-0.2, 0) is 6.54 Å². The minimum atomic E-state index is -0.120. The number of nitrogens with one attached hydrogen (secondary N) is 1. The summed E-state index contributed by atoms with van der Waals surface area (Å²) in [5.74, 6) is -0.0431. The number of hydrogen-bond acceptors (Lipinski definition) is 3. The standard InChI is InChI=1S/C22H25N3O2/c1-14-6-7-16(11-15(14)2)13-23-21(26)17-8-9-18-19(12-17)24(3)20-5-4-10-25(20)22(18)27/h6-9,11-12,20H,4-5,10,13H2,1-3H3,(H,23,26)/t20-/m0/s1. The Bertz CT molecular complexity index is 922. The van der Waals surface area contributed by atoms with Gasteiger partial charge in [-0.3, -0.25) is 9.59 Å². The van der Waals surface area contributed by atoms with Crippen molar-refractivity contribution in [2.75, 3.05) is 18.5 Å². The van der Waals surface area contributed by atoms with Crippen LogP contribution in [0, 0.1) is 13.8 Å². The van der Waals surface area contributed by atoms with Crippen LogP contribution in [0.2, 0.25) is 0 Å². The average Bonchev–Trinajstić information content (AvgIpc) is 3.17. The molecule has 2 aromatic rings. The van der Waals surface area contributed by atoms with Crippen molar-refractivity contribution >= 4 is 17.5 Å². The Morgan fingerprint density at radius 3 is 2.74 bits per heavy atom. The van der Waals surface area contributed by atoms with E-state index in [-0.39, 0.29) is 18.0 Å². The predicted molar refractivity (Wildman–Crippen MR) is 106 cm³/mol. The number of carbonyl (C=O) groups excluding carboxylic acids is 2. The Kier molecular flexibility index (Phi) is 4.38. The molecule has 2 heterocycles. The van der Waals surface area contributed by atoms with Crippen molar-refractivity contribution in [1.29, 1.82) is 0 Å². The molecule has 1 saturated heterocycles.